The first-order chi connectivity index (χ1) is 7.95. The van der Waals surface area contributed by atoms with Gasteiger partial charge in [-0.05, 0) is 37.5 Å². The van der Waals surface area contributed by atoms with E-state index in [1.54, 1.807) is 0 Å². The Morgan fingerprint density at radius 3 is 2.35 bits per heavy atom. The Kier molecular flexibility index (Phi) is 5.90. The minimum absolute atomic E-state index is 0.112. The summed E-state index contributed by atoms with van der Waals surface area (Å²) in [6.07, 6.45) is 3.51. The van der Waals surface area contributed by atoms with Crippen molar-refractivity contribution in [1.82, 2.24) is 0 Å². The zero-order valence-corrected chi connectivity index (χ0v) is 11.9. The van der Waals surface area contributed by atoms with Crippen LogP contribution in [0.4, 0.5) is 0 Å². The smallest absolute Gasteiger partial charge is 0.0773 e. The van der Waals surface area contributed by atoms with Crippen LogP contribution in [-0.4, -0.2) is 32.0 Å². The summed E-state index contributed by atoms with van der Waals surface area (Å²) in [7, 11) is 0. The van der Waals surface area contributed by atoms with E-state index in [1.165, 1.54) is 0 Å². The van der Waals surface area contributed by atoms with Crippen LogP contribution in [0.15, 0.2) is 0 Å². The van der Waals surface area contributed by atoms with Gasteiger partial charge in [0.15, 0.2) is 0 Å². The van der Waals surface area contributed by atoms with Gasteiger partial charge in [-0.25, -0.2) is 0 Å². The first-order valence-corrected chi connectivity index (χ1v) is 6.90. The zero-order valence-electron chi connectivity index (χ0n) is 11.9. The van der Waals surface area contributed by atoms with Gasteiger partial charge in [0.1, 0.15) is 0 Å². The molecule has 0 amide bonds. The number of nitrogens with two attached hydrogens (primary N) is 1. The van der Waals surface area contributed by atoms with Crippen LogP contribution in [0.2, 0.25) is 0 Å². The van der Waals surface area contributed by atoms with Crippen LogP contribution in [0.25, 0.3) is 0 Å². The van der Waals surface area contributed by atoms with E-state index < -0.39 is 0 Å². The molecule has 0 aromatic rings. The maximum absolute atomic E-state index is 6.36. The predicted molar refractivity (Wildman–Crippen MR) is 71.0 cm³/mol. The topological polar surface area (TPSA) is 44.5 Å². The van der Waals surface area contributed by atoms with Crippen LogP contribution in [0.3, 0.4) is 0 Å². The molecular weight excluding hydrogens is 214 g/mol. The minimum Gasteiger partial charge on any atom is -0.381 e. The molecule has 102 valence electrons. The van der Waals surface area contributed by atoms with Crippen molar-refractivity contribution in [3.8, 4) is 0 Å². The highest BCUT2D eigenvalue weighted by Gasteiger charge is 2.32. The minimum atomic E-state index is 0.112. The third-order valence-corrected chi connectivity index (χ3v) is 3.54. The Hall–Kier alpha value is -0.120. The maximum Gasteiger partial charge on any atom is 0.0773 e. The molecule has 3 nitrogen and oxygen atoms in total. The van der Waals surface area contributed by atoms with Crippen molar-refractivity contribution in [2.75, 3.05) is 19.8 Å². The second kappa shape index (κ2) is 6.72. The molecule has 2 N–H and O–H groups in total. The quantitative estimate of drug-likeness (QED) is 0.807. The second-order valence-electron chi connectivity index (χ2n) is 6.20. The molecule has 2 unspecified atom stereocenters. The molecule has 17 heavy (non-hydrogen) atoms. The van der Waals surface area contributed by atoms with E-state index in [-0.39, 0.29) is 17.6 Å². The summed E-state index contributed by atoms with van der Waals surface area (Å²) in [6, 6.07) is 0.137. The highest BCUT2D eigenvalue weighted by atomic mass is 16.5. The Bertz CT molecular complexity index is 207. The van der Waals surface area contributed by atoms with Crippen LogP contribution < -0.4 is 5.73 Å². The summed E-state index contributed by atoms with van der Waals surface area (Å²) in [5, 5.41) is 0. The lowest BCUT2D eigenvalue weighted by Crippen LogP contribution is -2.46. The first kappa shape index (κ1) is 14.9. The van der Waals surface area contributed by atoms with Gasteiger partial charge in [-0.15, -0.1) is 0 Å². The third kappa shape index (κ3) is 4.94. The summed E-state index contributed by atoms with van der Waals surface area (Å²) >= 11 is 0. The fraction of sp³-hybridized carbons (Fsp3) is 1.00. The summed E-state index contributed by atoms with van der Waals surface area (Å²) < 4.78 is 11.2. The van der Waals surface area contributed by atoms with Crippen molar-refractivity contribution in [2.45, 2.75) is 59.1 Å². The molecule has 1 fully saturated rings. The molecular formula is C14H29NO2. The molecule has 0 aromatic carbocycles. The van der Waals surface area contributed by atoms with E-state index in [2.05, 4.69) is 20.8 Å². The van der Waals surface area contributed by atoms with E-state index in [1.807, 2.05) is 6.92 Å². The second-order valence-corrected chi connectivity index (χ2v) is 6.20. The van der Waals surface area contributed by atoms with Crippen LogP contribution >= 0.6 is 0 Å². The lowest BCUT2D eigenvalue weighted by Gasteiger charge is -2.37. The molecule has 1 saturated heterocycles. The molecule has 0 radical (unpaired) electrons. The summed E-state index contributed by atoms with van der Waals surface area (Å²) in [4.78, 5) is 0. The number of rotatable bonds is 5. The monoisotopic (exact) mass is 243 g/mol. The van der Waals surface area contributed by atoms with Gasteiger partial charge >= 0.3 is 0 Å². The molecule has 3 heteroatoms. The molecule has 1 rings (SSSR count). The molecule has 1 aliphatic heterocycles. The molecule has 1 aliphatic rings. The lowest BCUT2D eigenvalue weighted by molar-refractivity contribution is -0.0362. The van der Waals surface area contributed by atoms with Gasteiger partial charge in [0.05, 0.1) is 6.10 Å². The van der Waals surface area contributed by atoms with Crippen molar-refractivity contribution >= 4 is 0 Å². The van der Waals surface area contributed by atoms with Crippen LogP contribution in [0.1, 0.15) is 47.0 Å². The van der Waals surface area contributed by atoms with E-state index >= 15 is 0 Å². The Morgan fingerprint density at radius 1 is 1.29 bits per heavy atom. The standard InChI is InChI=1S/C14H29NO2/c1-5-17-13(14(2,3)4)12(15)10-11-6-8-16-9-7-11/h11-13H,5-10,15H2,1-4H3. The van der Waals surface area contributed by atoms with E-state index in [0.29, 0.717) is 5.92 Å². The van der Waals surface area contributed by atoms with Gasteiger partial charge < -0.3 is 15.2 Å². The zero-order chi connectivity index (χ0) is 12.9. The van der Waals surface area contributed by atoms with E-state index in [4.69, 9.17) is 15.2 Å². The predicted octanol–water partition coefficient (Wildman–Crippen LogP) is 2.58. The molecule has 0 aliphatic carbocycles. The molecule has 0 saturated carbocycles. The lowest BCUT2D eigenvalue weighted by atomic mass is 9.80. The normalized spacial score (nSPS) is 22.4. The van der Waals surface area contributed by atoms with E-state index in [9.17, 15) is 0 Å². The largest absolute Gasteiger partial charge is 0.381 e. The first-order valence-electron chi connectivity index (χ1n) is 6.90. The van der Waals surface area contributed by atoms with Crippen molar-refractivity contribution in [3.63, 3.8) is 0 Å². The summed E-state index contributed by atoms with van der Waals surface area (Å²) in [5.74, 6) is 0.712. The summed E-state index contributed by atoms with van der Waals surface area (Å²) in [5.41, 5.74) is 6.47. The third-order valence-electron chi connectivity index (χ3n) is 3.54. The van der Waals surface area contributed by atoms with Gasteiger partial charge in [0, 0.05) is 25.9 Å². The van der Waals surface area contributed by atoms with Crippen LogP contribution in [0, 0.1) is 11.3 Å². The molecule has 0 aromatic heterocycles. The number of ether oxygens (including phenoxy) is 2. The van der Waals surface area contributed by atoms with Crippen molar-refractivity contribution in [1.29, 1.82) is 0 Å². The van der Waals surface area contributed by atoms with Gasteiger partial charge in [-0.1, -0.05) is 20.8 Å². The van der Waals surface area contributed by atoms with Crippen molar-refractivity contribution in [3.05, 3.63) is 0 Å². The fourth-order valence-corrected chi connectivity index (χ4v) is 2.69. The Morgan fingerprint density at radius 2 is 1.88 bits per heavy atom. The Balaban J connectivity index is 2.48. The highest BCUT2D eigenvalue weighted by Crippen LogP contribution is 2.29. The van der Waals surface area contributed by atoms with Gasteiger partial charge in [-0.3, -0.25) is 0 Å². The number of hydrogen-bond acceptors (Lipinski definition) is 3. The average Bonchev–Trinajstić information content (AvgIpc) is 2.25. The van der Waals surface area contributed by atoms with E-state index in [0.717, 1.165) is 39.1 Å². The molecule has 1 heterocycles. The van der Waals surface area contributed by atoms with Crippen LogP contribution in [-0.2, 0) is 9.47 Å². The number of hydrogen-bond donors (Lipinski definition) is 1. The highest BCUT2D eigenvalue weighted by molar-refractivity contribution is 4.86. The van der Waals surface area contributed by atoms with Crippen molar-refractivity contribution in [2.24, 2.45) is 17.1 Å². The van der Waals surface area contributed by atoms with Gasteiger partial charge in [0.2, 0.25) is 0 Å². The molecule has 0 spiro atoms. The maximum atomic E-state index is 6.36. The molecule has 0 bridgehead atoms. The van der Waals surface area contributed by atoms with Crippen molar-refractivity contribution < 1.29 is 9.47 Å². The Labute approximate surface area is 106 Å². The molecule has 2 atom stereocenters. The SMILES string of the molecule is CCOC(C(N)CC1CCOCC1)C(C)(C)C. The fourth-order valence-electron chi connectivity index (χ4n) is 2.69. The van der Waals surface area contributed by atoms with Crippen LogP contribution in [0.5, 0.6) is 0 Å². The van der Waals surface area contributed by atoms with Gasteiger partial charge in [-0.2, -0.15) is 0 Å². The summed E-state index contributed by atoms with van der Waals surface area (Å²) in [6.45, 7) is 11.2. The van der Waals surface area contributed by atoms with Gasteiger partial charge in [0.25, 0.3) is 0 Å². The average molecular weight is 243 g/mol.